The number of nitriles is 2. The van der Waals surface area contributed by atoms with Crippen LogP contribution in [0.5, 0.6) is 5.75 Å². The molecule has 0 spiro atoms. The third-order valence-corrected chi connectivity index (χ3v) is 1.03. The Kier molecular flexibility index (Phi) is 5.33. The maximum Gasteiger partial charge on any atom is 0.122 e. The van der Waals surface area contributed by atoms with Crippen molar-refractivity contribution in [1.29, 1.82) is 10.5 Å². The van der Waals surface area contributed by atoms with Crippen molar-refractivity contribution in [2.24, 2.45) is 0 Å². The number of phenolic OH excluding ortho intramolecular Hbond substituents is 1. The average molecular weight is 172 g/mol. The summed E-state index contributed by atoms with van der Waals surface area (Å²) in [7, 11) is 0. The topological polar surface area (TPSA) is 67.8 Å². The Bertz CT molecular complexity index is 327. The van der Waals surface area contributed by atoms with Gasteiger partial charge in [0.15, 0.2) is 0 Å². The van der Waals surface area contributed by atoms with Gasteiger partial charge in [-0.25, -0.2) is 0 Å². The molecular weight excluding hydrogens is 164 g/mol. The van der Waals surface area contributed by atoms with Crippen LogP contribution in [0.4, 0.5) is 0 Å². The van der Waals surface area contributed by atoms with Gasteiger partial charge in [0.25, 0.3) is 0 Å². The van der Waals surface area contributed by atoms with Gasteiger partial charge in [-0.15, -0.1) is 0 Å². The van der Waals surface area contributed by atoms with E-state index in [0.717, 1.165) is 0 Å². The molecule has 0 aliphatic heterocycles. The number of allylic oxidation sites excluding steroid dienone is 1. The van der Waals surface area contributed by atoms with E-state index in [1.165, 1.54) is 0 Å². The summed E-state index contributed by atoms with van der Waals surface area (Å²) in [4.78, 5) is 0. The van der Waals surface area contributed by atoms with E-state index in [1.54, 1.807) is 36.4 Å². The van der Waals surface area contributed by atoms with Crippen molar-refractivity contribution >= 4 is 0 Å². The second kappa shape index (κ2) is 6.45. The number of hydrogen-bond donors (Lipinski definition) is 1. The smallest absolute Gasteiger partial charge is 0.122 e. The molecule has 0 aromatic heterocycles. The van der Waals surface area contributed by atoms with Crippen molar-refractivity contribution in [3.63, 3.8) is 0 Å². The van der Waals surface area contributed by atoms with E-state index in [1.807, 2.05) is 6.07 Å². The molecular formula is C10H8N2O. The lowest BCUT2D eigenvalue weighted by atomic mass is 10.3. The van der Waals surface area contributed by atoms with Crippen LogP contribution in [0.15, 0.2) is 42.5 Å². The second-order valence-electron chi connectivity index (χ2n) is 2.04. The van der Waals surface area contributed by atoms with Gasteiger partial charge in [-0.2, -0.15) is 10.5 Å². The minimum atomic E-state index is -0.0463. The Morgan fingerprint density at radius 2 is 1.62 bits per heavy atom. The number of para-hydroxylation sites is 1. The molecule has 1 rings (SSSR count). The molecule has 64 valence electrons. The largest absolute Gasteiger partial charge is 0.508 e. The quantitative estimate of drug-likeness (QED) is 0.608. The molecule has 3 heteroatoms. The standard InChI is InChI=1S/C6H6O.C4H2N2/c7-6-4-2-1-3-5-6;1-4(2-5)3-6/h1-5,7H;1H2. The number of aromatic hydroxyl groups is 1. The Balaban J connectivity index is 0.000000226. The zero-order valence-electron chi connectivity index (χ0n) is 6.94. The maximum atomic E-state index is 8.63. The fourth-order valence-electron chi connectivity index (χ4n) is 0.453. The monoisotopic (exact) mass is 172 g/mol. The van der Waals surface area contributed by atoms with Crippen LogP contribution in [-0.2, 0) is 0 Å². The number of rotatable bonds is 0. The highest BCUT2D eigenvalue weighted by atomic mass is 16.3. The predicted octanol–water partition coefficient (Wildman–Crippen LogP) is 1.98. The fraction of sp³-hybridized carbons (Fsp3) is 0. The van der Waals surface area contributed by atoms with Gasteiger partial charge in [0.1, 0.15) is 23.5 Å². The molecule has 0 heterocycles. The van der Waals surface area contributed by atoms with Gasteiger partial charge in [0, 0.05) is 0 Å². The van der Waals surface area contributed by atoms with Crippen LogP contribution in [0, 0.1) is 22.7 Å². The van der Waals surface area contributed by atoms with E-state index >= 15 is 0 Å². The van der Waals surface area contributed by atoms with Gasteiger partial charge in [-0.1, -0.05) is 24.8 Å². The Morgan fingerprint density at radius 1 is 1.15 bits per heavy atom. The molecule has 0 amide bonds. The Labute approximate surface area is 76.8 Å². The van der Waals surface area contributed by atoms with Crippen LogP contribution < -0.4 is 0 Å². The zero-order valence-corrected chi connectivity index (χ0v) is 6.94. The molecule has 0 saturated carbocycles. The van der Waals surface area contributed by atoms with Crippen molar-refractivity contribution in [2.75, 3.05) is 0 Å². The molecule has 0 atom stereocenters. The first-order valence-corrected chi connectivity index (χ1v) is 3.44. The molecule has 1 aromatic carbocycles. The summed E-state index contributed by atoms with van der Waals surface area (Å²) in [6.45, 7) is 3.07. The lowest BCUT2D eigenvalue weighted by Crippen LogP contribution is -1.58. The summed E-state index contributed by atoms with van der Waals surface area (Å²) in [5.41, 5.74) is -0.0463. The lowest BCUT2D eigenvalue weighted by molar-refractivity contribution is 0.475. The predicted molar refractivity (Wildman–Crippen MR) is 48.5 cm³/mol. The first-order valence-electron chi connectivity index (χ1n) is 3.44. The van der Waals surface area contributed by atoms with Gasteiger partial charge in [-0.05, 0) is 12.1 Å². The van der Waals surface area contributed by atoms with E-state index in [4.69, 9.17) is 15.6 Å². The van der Waals surface area contributed by atoms with Gasteiger partial charge in [-0.3, -0.25) is 0 Å². The summed E-state index contributed by atoms with van der Waals surface area (Å²) in [5.74, 6) is 0.322. The lowest BCUT2D eigenvalue weighted by Gasteiger charge is -1.82. The highest BCUT2D eigenvalue weighted by Crippen LogP contribution is 2.02. The van der Waals surface area contributed by atoms with Crippen LogP contribution >= 0.6 is 0 Å². The van der Waals surface area contributed by atoms with Crippen molar-refractivity contribution in [1.82, 2.24) is 0 Å². The summed E-state index contributed by atoms with van der Waals surface area (Å²) >= 11 is 0. The van der Waals surface area contributed by atoms with E-state index in [2.05, 4.69) is 6.58 Å². The van der Waals surface area contributed by atoms with E-state index in [9.17, 15) is 0 Å². The van der Waals surface area contributed by atoms with Gasteiger partial charge < -0.3 is 5.11 Å². The molecule has 1 aromatic rings. The van der Waals surface area contributed by atoms with E-state index < -0.39 is 0 Å². The molecule has 0 aliphatic carbocycles. The summed E-state index contributed by atoms with van der Waals surface area (Å²) in [5, 5.41) is 24.2. The van der Waals surface area contributed by atoms with Crippen LogP contribution in [0.25, 0.3) is 0 Å². The minimum absolute atomic E-state index is 0.0463. The number of phenols is 1. The summed E-state index contributed by atoms with van der Waals surface area (Å²) in [6, 6.07) is 11.8. The second-order valence-corrected chi connectivity index (χ2v) is 2.04. The van der Waals surface area contributed by atoms with Gasteiger partial charge in [0.2, 0.25) is 0 Å². The number of hydrogen-bond acceptors (Lipinski definition) is 3. The third kappa shape index (κ3) is 6.15. The fourth-order valence-corrected chi connectivity index (χ4v) is 0.453. The molecule has 0 aliphatic rings. The van der Waals surface area contributed by atoms with Crippen LogP contribution in [0.1, 0.15) is 0 Å². The molecule has 13 heavy (non-hydrogen) atoms. The van der Waals surface area contributed by atoms with E-state index in [0.29, 0.717) is 5.75 Å². The third-order valence-electron chi connectivity index (χ3n) is 1.03. The summed E-state index contributed by atoms with van der Waals surface area (Å²) in [6.07, 6.45) is 0. The molecule has 3 nitrogen and oxygen atoms in total. The molecule has 0 fully saturated rings. The normalized spacial score (nSPS) is 6.92. The number of nitrogens with zero attached hydrogens (tertiary/aromatic N) is 2. The average Bonchev–Trinajstić information content (AvgIpc) is 2.19. The molecule has 0 saturated heterocycles. The van der Waals surface area contributed by atoms with Gasteiger partial charge in [0.05, 0.1) is 0 Å². The van der Waals surface area contributed by atoms with Crippen LogP contribution in [0.2, 0.25) is 0 Å². The highest BCUT2D eigenvalue weighted by molar-refractivity contribution is 5.31. The van der Waals surface area contributed by atoms with Crippen molar-refractivity contribution in [3.8, 4) is 17.9 Å². The molecule has 1 N–H and O–H groups in total. The van der Waals surface area contributed by atoms with Crippen molar-refractivity contribution in [3.05, 3.63) is 42.5 Å². The Hall–Kier alpha value is -2.26. The maximum absolute atomic E-state index is 8.63. The van der Waals surface area contributed by atoms with Crippen LogP contribution in [-0.4, -0.2) is 5.11 Å². The van der Waals surface area contributed by atoms with E-state index in [-0.39, 0.29) is 5.57 Å². The Morgan fingerprint density at radius 3 is 1.77 bits per heavy atom. The number of benzene rings is 1. The molecule has 0 radical (unpaired) electrons. The summed E-state index contributed by atoms with van der Waals surface area (Å²) < 4.78 is 0. The van der Waals surface area contributed by atoms with Crippen molar-refractivity contribution < 1.29 is 5.11 Å². The van der Waals surface area contributed by atoms with Gasteiger partial charge >= 0.3 is 0 Å². The zero-order chi connectivity index (χ0) is 10.1. The highest BCUT2D eigenvalue weighted by Gasteiger charge is 1.76. The first kappa shape index (κ1) is 10.7. The van der Waals surface area contributed by atoms with Crippen LogP contribution in [0.3, 0.4) is 0 Å². The molecule has 0 bridgehead atoms. The first-order chi connectivity index (χ1) is 6.20. The molecule has 0 unspecified atom stereocenters. The minimum Gasteiger partial charge on any atom is -0.508 e. The van der Waals surface area contributed by atoms with Crippen molar-refractivity contribution in [2.45, 2.75) is 0 Å². The SMILES string of the molecule is C=C(C#N)C#N.Oc1ccccc1.